The van der Waals surface area contributed by atoms with Gasteiger partial charge in [-0.3, -0.25) is 0 Å². The highest BCUT2D eigenvalue weighted by Gasteiger charge is 2.21. The van der Waals surface area contributed by atoms with Crippen molar-refractivity contribution < 1.29 is 0 Å². The van der Waals surface area contributed by atoms with E-state index in [1.807, 2.05) is 0 Å². The Labute approximate surface area is 90.0 Å². The molecule has 0 amide bonds. The van der Waals surface area contributed by atoms with Crippen LogP contribution in [0.25, 0.3) is 0 Å². The molecule has 0 aliphatic rings. The molecule has 1 heteroatoms. The molecule has 0 unspecified atom stereocenters. The van der Waals surface area contributed by atoms with E-state index in [-0.39, 0.29) is 5.54 Å². The second-order valence-corrected chi connectivity index (χ2v) is 5.24. The molecule has 0 saturated heterocycles. The summed E-state index contributed by atoms with van der Waals surface area (Å²) in [5, 5.41) is 3.58. The van der Waals surface area contributed by atoms with Gasteiger partial charge in [-0.15, -0.1) is 0 Å². The molecule has 0 heterocycles. The zero-order valence-corrected chi connectivity index (χ0v) is 10.9. The van der Waals surface area contributed by atoms with Crippen LogP contribution in [0.5, 0.6) is 0 Å². The van der Waals surface area contributed by atoms with Gasteiger partial charge in [0.1, 0.15) is 0 Å². The van der Waals surface area contributed by atoms with Crippen LogP contribution in [0, 0.1) is 11.8 Å². The van der Waals surface area contributed by atoms with Crippen molar-refractivity contribution in [3.63, 3.8) is 0 Å². The van der Waals surface area contributed by atoms with Gasteiger partial charge in [0.15, 0.2) is 0 Å². The van der Waals surface area contributed by atoms with E-state index in [1.54, 1.807) is 0 Å². The maximum atomic E-state index is 3.58. The fourth-order valence-electron chi connectivity index (χ4n) is 1.24. The molecule has 84 valence electrons. The van der Waals surface area contributed by atoms with E-state index in [0.29, 0.717) is 11.8 Å². The van der Waals surface area contributed by atoms with Crippen molar-refractivity contribution in [1.82, 2.24) is 5.32 Å². The molecule has 1 N–H and O–H groups in total. The van der Waals surface area contributed by atoms with Gasteiger partial charge in [0.05, 0.1) is 0 Å². The number of hydrogen-bond acceptors (Lipinski definition) is 1. The number of nitrogens with one attached hydrogen (secondary N) is 1. The lowest BCUT2D eigenvalue weighted by molar-refractivity contribution is 0.312. The molecule has 0 aromatic rings. The lowest BCUT2D eigenvalue weighted by atomic mass is 9.90. The molecule has 1 nitrogen and oxygen atoms in total. The average Bonchev–Trinajstić information content (AvgIpc) is 2.02. The first kappa shape index (κ1) is 13.5. The van der Waals surface area contributed by atoms with E-state index in [9.17, 15) is 0 Å². The predicted molar refractivity (Wildman–Crippen MR) is 65.3 cm³/mol. The van der Waals surface area contributed by atoms with Gasteiger partial charge >= 0.3 is 0 Å². The Balaban J connectivity index is 4.31. The van der Waals surface area contributed by atoms with Gasteiger partial charge in [0.25, 0.3) is 0 Å². The van der Waals surface area contributed by atoms with Gasteiger partial charge in [-0.05, 0) is 32.6 Å². The maximum Gasteiger partial charge on any atom is 0.0337 e. The van der Waals surface area contributed by atoms with Crippen molar-refractivity contribution >= 4 is 0 Å². The van der Waals surface area contributed by atoms with Gasteiger partial charge in [0.2, 0.25) is 0 Å². The van der Waals surface area contributed by atoms with Crippen molar-refractivity contribution in [3.05, 3.63) is 11.8 Å². The summed E-state index contributed by atoms with van der Waals surface area (Å²) in [6.45, 7) is 15.7. The quantitative estimate of drug-likeness (QED) is 0.703. The fourth-order valence-corrected chi connectivity index (χ4v) is 1.24. The Morgan fingerprint density at radius 3 is 2.14 bits per heavy atom. The Bertz CT molecular complexity index is 189. The van der Waals surface area contributed by atoms with Crippen LogP contribution in [-0.2, 0) is 0 Å². The normalized spacial score (nSPS) is 15.9. The molecule has 0 rings (SSSR count). The van der Waals surface area contributed by atoms with Crippen LogP contribution in [0.15, 0.2) is 11.8 Å². The largest absolute Gasteiger partial charge is 0.384 e. The first-order valence-electron chi connectivity index (χ1n) is 5.76. The molecular weight excluding hydrogens is 170 g/mol. The minimum Gasteiger partial charge on any atom is -0.384 e. The molecule has 0 spiro atoms. The highest BCUT2D eigenvalue weighted by molar-refractivity contribution is 5.02. The number of hydrogen-bond donors (Lipinski definition) is 1. The minimum absolute atomic E-state index is 0.189. The third kappa shape index (κ3) is 4.69. The Kier molecular flexibility index (Phi) is 5.25. The zero-order valence-electron chi connectivity index (χ0n) is 10.9. The first-order chi connectivity index (χ1) is 6.29. The standard InChI is InChI=1S/C13H27N/c1-8-11(4)9-12(5)14-13(6,7)10(2)3/h9-11,14H,8H2,1-7H3/b12-9+/t11-/m1/s1. The van der Waals surface area contributed by atoms with E-state index >= 15 is 0 Å². The molecule has 1 atom stereocenters. The molecule has 0 aliphatic carbocycles. The maximum absolute atomic E-state index is 3.58. The number of rotatable bonds is 5. The van der Waals surface area contributed by atoms with E-state index in [4.69, 9.17) is 0 Å². The molecule has 0 bridgehead atoms. The van der Waals surface area contributed by atoms with E-state index in [0.717, 1.165) is 0 Å². The van der Waals surface area contributed by atoms with E-state index in [2.05, 4.69) is 59.9 Å². The summed E-state index contributed by atoms with van der Waals surface area (Å²) in [6, 6.07) is 0. The second kappa shape index (κ2) is 5.43. The highest BCUT2D eigenvalue weighted by Crippen LogP contribution is 2.17. The van der Waals surface area contributed by atoms with Gasteiger partial charge in [-0.2, -0.15) is 0 Å². The topological polar surface area (TPSA) is 12.0 Å². The number of allylic oxidation sites excluding steroid dienone is 2. The third-order valence-electron chi connectivity index (χ3n) is 3.14. The van der Waals surface area contributed by atoms with Crippen molar-refractivity contribution in [2.24, 2.45) is 11.8 Å². The monoisotopic (exact) mass is 197 g/mol. The summed E-state index contributed by atoms with van der Waals surface area (Å²) in [5.41, 5.74) is 1.49. The van der Waals surface area contributed by atoms with Gasteiger partial charge in [-0.25, -0.2) is 0 Å². The SMILES string of the molecule is CC[C@@H](C)/C=C(\C)NC(C)(C)C(C)C. The van der Waals surface area contributed by atoms with Crippen LogP contribution < -0.4 is 5.32 Å². The predicted octanol–water partition coefficient (Wildman–Crippen LogP) is 3.96. The summed E-state index contributed by atoms with van der Waals surface area (Å²) in [7, 11) is 0. The van der Waals surface area contributed by atoms with Crippen LogP contribution >= 0.6 is 0 Å². The Morgan fingerprint density at radius 1 is 1.29 bits per heavy atom. The molecule has 0 saturated carbocycles. The summed E-state index contributed by atoms with van der Waals surface area (Å²) >= 11 is 0. The minimum atomic E-state index is 0.189. The molecule has 14 heavy (non-hydrogen) atoms. The van der Waals surface area contributed by atoms with E-state index in [1.165, 1.54) is 12.1 Å². The molecular formula is C13H27N. The van der Waals surface area contributed by atoms with Crippen molar-refractivity contribution in [2.45, 2.75) is 60.4 Å². The van der Waals surface area contributed by atoms with Crippen LogP contribution in [0.2, 0.25) is 0 Å². The lowest BCUT2D eigenvalue weighted by Gasteiger charge is -2.32. The lowest BCUT2D eigenvalue weighted by Crippen LogP contribution is -2.42. The van der Waals surface area contributed by atoms with Crippen LogP contribution in [0.4, 0.5) is 0 Å². The van der Waals surface area contributed by atoms with Crippen LogP contribution in [0.1, 0.15) is 54.9 Å². The first-order valence-corrected chi connectivity index (χ1v) is 5.76. The van der Waals surface area contributed by atoms with Gasteiger partial charge in [0, 0.05) is 11.2 Å². The van der Waals surface area contributed by atoms with E-state index < -0.39 is 0 Å². The summed E-state index contributed by atoms with van der Waals surface area (Å²) in [4.78, 5) is 0. The van der Waals surface area contributed by atoms with Crippen LogP contribution in [-0.4, -0.2) is 5.54 Å². The highest BCUT2D eigenvalue weighted by atomic mass is 15.0. The van der Waals surface area contributed by atoms with Crippen LogP contribution in [0.3, 0.4) is 0 Å². The smallest absolute Gasteiger partial charge is 0.0337 e. The van der Waals surface area contributed by atoms with Gasteiger partial charge in [-0.1, -0.05) is 40.2 Å². The average molecular weight is 197 g/mol. The molecule has 0 fully saturated rings. The zero-order chi connectivity index (χ0) is 11.4. The summed E-state index contributed by atoms with van der Waals surface area (Å²) in [5.74, 6) is 1.31. The fraction of sp³-hybridized carbons (Fsp3) is 0.846. The molecule has 0 aliphatic heterocycles. The second-order valence-electron chi connectivity index (χ2n) is 5.24. The summed E-state index contributed by atoms with van der Waals surface area (Å²) in [6.07, 6.45) is 3.53. The molecule has 0 aromatic heterocycles. The Morgan fingerprint density at radius 2 is 1.79 bits per heavy atom. The molecule has 0 radical (unpaired) electrons. The summed E-state index contributed by atoms with van der Waals surface area (Å²) < 4.78 is 0. The molecule has 0 aromatic carbocycles. The van der Waals surface area contributed by atoms with Crippen molar-refractivity contribution in [3.8, 4) is 0 Å². The van der Waals surface area contributed by atoms with Crippen molar-refractivity contribution in [1.29, 1.82) is 0 Å². The van der Waals surface area contributed by atoms with Crippen molar-refractivity contribution in [2.75, 3.05) is 0 Å². The Hall–Kier alpha value is -0.460. The third-order valence-corrected chi connectivity index (χ3v) is 3.14. The van der Waals surface area contributed by atoms with Gasteiger partial charge < -0.3 is 5.32 Å².